The fraction of sp³-hybridized carbons (Fsp3) is 0.652. The zero-order valence-corrected chi connectivity index (χ0v) is 37.3. The molecule has 0 aliphatic heterocycles. The van der Waals surface area contributed by atoms with Crippen LogP contribution < -0.4 is 4.89 Å². The summed E-state index contributed by atoms with van der Waals surface area (Å²) in [5.74, 6) is -1.04. The first-order chi connectivity index (χ1) is 27.8. The highest BCUT2D eigenvalue weighted by Gasteiger charge is 2.21. The van der Waals surface area contributed by atoms with Gasteiger partial charge in [-0.05, 0) is 64.2 Å². The number of nitrogens with zero attached hydrogens (tertiary/aromatic N) is 1. The highest BCUT2D eigenvalue weighted by Crippen LogP contribution is 2.38. The molecule has 11 nitrogen and oxygen atoms in total. The van der Waals surface area contributed by atoms with Gasteiger partial charge in [-0.2, -0.15) is 0 Å². The Hall–Kier alpha value is -2.89. The molecule has 0 aromatic carbocycles. The van der Waals surface area contributed by atoms with Gasteiger partial charge in [0.25, 0.3) is 7.82 Å². The quantitative estimate of drug-likeness (QED) is 0.0155. The highest BCUT2D eigenvalue weighted by atomic mass is 31.2. The Balaban J connectivity index is 4.67. The number of hydrogen-bond donors (Lipinski definition) is 2. The molecule has 0 saturated heterocycles. The molecule has 0 aliphatic carbocycles. The maximum atomic E-state index is 12.7. The monoisotopic (exact) mass is 836 g/mol. The topological polar surface area (TPSA) is 152 Å². The van der Waals surface area contributed by atoms with E-state index in [9.17, 15) is 29.3 Å². The van der Waals surface area contributed by atoms with E-state index < -0.39 is 44.7 Å². The molecule has 0 aromatic heterocycles. The second-order valence-corrected chi connectivity index (χ2v) is 16.8. The van der Waals surface area contributed by atoms with E-state index in [0.717, 1.165) is 44.9 Å². The molecule has 1 unspecified atom stereocenters. The summed E-state index contributed by atoms with van der Waals surface area (Å²) in [7, 11) is 1.02. The number of phosphoric ester groups is 1. The molecule has 0 amide bonds. The van der Waals surface area contributed by atoms with Crippen LogP contribution in [0.4, 0.5) is 0 Å². The summed E-state index contributed by atoms with van der Waals surface area (Å²) < 4.78 is 33.7. The molecule has 0 bridgehead atoms. The Labute approximate surface area is 351 Å². The van der Waals surface area contributed by atoms with E-state index in [0.29, 0.717) is 43.1 Å². The van der Waals surface area contributed by atoms with Gasteiger partial charge < -0.3 is 38.1 Å². The van der Waals surface area contributed by atoms with Gasteiger partial charge in [0, 0.05) is 12.8 Å². The van der Waals surface area contributed by atoms with Crippen molar-refractivity contribution >= 4 is 19.8 Å². The number of ether oxygens (including phenoxy) is 2. The predicted molar refractivity (Wildman–Crippen MR) is 234 cm³/mol. The molecule has 12 heteroatoms. The van der Waals surface area contributed by atoms with Crippen LogP contribution in [-0.4, -0.2) is 92.5 Å². The van der Waals surface area contributed by atoms with Crippen molar-refractivity contribution < 1.29 is 52.3 Å². The van der Waals surface area contributed by atoms with E-state index in [4.69, 9.17) is 18.5 Å². The average Bonchev–Trinajstić information content (AvgIpc) is 3.16. The average molecular weight is 836 g/mol. The lowest BCUT2D eigenvalue weighted by Gasteiger charge is -2.28. The molecule has 0 aliphatic rings. The summed E-state index contributed by atoms with van der Waals surface area (Å²) in [4.78, 5) is 37.5. The number of carbonyl (C=O) groups is 2. The molecule has 0 aromatic rings. The van der Waals surface area contributed by atoms with E-state index in [-0.39, 0.29) is 26.1 Å². The van der Waals surface area contributed by atoms with Crippen molar-refractivity contribution in [2.45, 2.75) is 148 Å². The normalized spacial score (nSPS) is 15.5. The smallest absolute Gasteiger partial charge is 0.306 e. The fourth-order valence-corrected chi connectivity index (χ4v) is 5.88. The van der Waals surface area contributed by atoms with E-state index in [1.807, 2.05) is 63.7 Å². The number of unbranched alkanes of at least 4 members (excludes halogenated alkanes) is 10. The van der Waals surface area contributed by atoms with Gasteiger partial charge in [0.2, 0.25) is 0 Å². The molecular formula is C46H78NO10P. The summed E-state index contributed by atoms with van der Waals surface area (Å²) in [6.45, 7) is 3.75. The Morgan fingerprint density at radius 3 is 1.97 bits per heavy atom. The Morgan fingerprint density at radius 1 is 0.672 bits per heavy atom. The van der Waals surface area contributed by atoms with Crippen LogP contribution in [0.25, 0.3) is 0 Å². The third kappa shape index (κ3) is 39.9. The van der Waals surface area contributed by atoms with Gasteiger partial charge in [-0.1, -0.05) is 137 Å². The second kappa shape index (κ2) is 37.1. The van der Waals surface area contributed by atoms with Crippen LogP contribution in [0, 0.1) is 0 Å². The lowest BCUT2D eigenvalue weighted by atomic mass is 10.1. The molecule has 58 heavy (non-hydrogen) atoms. The van der Waals surface area contributed by atoms with Gasteiger partial charge in [-0.15, -0.1) is 0 Å². The lowest BCUT2D eigenvalue weighted by molar-refractivity contribution is -0.870. The van der Waals surface area contributed by atoms with Crippen molar-refractivity contribution in [3.63, 3.8) is 0 Å². The van der Waals surface area contributed by atoms with Crippen LogP contribution in [0.1, 0.15) is 129 Å². The maximum Gasteiger partial charge on any atom is 0.306 e. The van der Waals surface area contributed by atoms with Gasteiger partial charge >= 0.3 is 11.9 Å². The number of quaternary nitrogens is 1. The number of allylic oxidation sites excluding steroid dienone is 10. The number of phosphoric acid groups is 1. The summed E-state index contributed by atoms with van der Waals surface area (Å²) in [6.07, 6.45) is 39.7. The minimum Gasteiger partial charge on any atom is -0.756 e. The van der Waals surface area contributed by atoms with Gasteiger partial charge in [-0.25, -0.2) is 0 Å². The second-order valence-electron chi connectivity index (χ2n) is 15.4. The molecule has 2 N–H and O–H groups in total. The standard InChI is InChI=1S/C46H78NO10P/c1-6-8-10-11-12-13-14-15-16-17-21-24-30-36-45(50)54-40-44(41-56-58(52,53)55-39-38-47(3,4)5)57-46(51)37-31-25-29-35-43(49)34-28-23-20-18-19-22-27-33-42(48)32-26-9-7-2/h9,13-14,19-20,22-23,26-29,33-35,42-44,48-49H,6-8,10-12,15-18,21,24-25,30-32,36-41H2,1-5H3/b14-13-,22-19-,23-20-,26-9-,33-27+,34-28+,35-29-/t42-,43-,44+/m0/s1. The SMILES string of the molecule is CC/C=C\C[C@H](O)/C=C/C=C\C/C=C\C=C\[C@H](O)/C=C\CCCC(=O)O[C@H](COC(=O)CCCCCCC/C=C\CCCCCC)COP(=O)([O-])OCC[N+](C)(C)C. The number of aliphatic hydroxyl groups excluding tert-OH is 2. The summed E-state index contributed by atoms with van der Waals surface area (Å²) in [6, 6.07) is 0. The molecule has 0 spiro atoms. The lowest BCUT2D eigenvalue weighted by Crippen LogP contribution is -2.37. The number of carbonyl (C=O) groups excluding carboxylic acids is 2. The molecule has 0 saturated carbocycles. The van der Waals surface area contributed by atoms with Crippen molar-refractivity contribution in [1.82, 2.24) is 0 Å². The molecule has 0 radical (unpaired) electrons. The van der Waals surface area contributed by atoms with Gasteiger partial charge in [0.05, 0.1) is 40.0 Å². The molecule has 4 atom stereocenters. The summed E-state index contributed by atoms with van der Waals surface area (Å²) in [5.41, 5.74) is 0. The van der Waals surface area contributed by atoms with Crippen LogP contribution in [0.3, 0.4) is 0 Å². The van der Waals surface area contributed by atoms with Crippen LogP contribution in [0.2, 0.25) is 0 Å². The molecule has 332 valence electrons. The van der Waals surface area contributed by atoms with Crippen LogP contribution in [0.5, 0.6) is 0 Å². The van der Waals surface area contributed by atoms with Crippen LogP contribution >= 0.6 is 7.82 Å². The minimum absolute atomic E-state index is 0.0326. The highest BCUT2D eigenvalue weighted by molar-refractivity contribution is 7.45. The number of likely N-dealkylation sites (N-methyl/N-ethyl adjacent to an activating group) is 1. The Bertz CT molecular complexity index is 1300. The van der Waals surface area contributed by atoms with E-state index in [2.05, 4.69) is 26.0 Å². The Morgan fingerprint density at radius 2 is 1.29 bits per heavy atom. The zero-order chi connectivity index (χ0) is 43.2. The number of esters is 2. The van der Waals surface area contributed by atoms with E-state index in [1.165, 1.54) is 25.7 Å². The minimum atomic E-state index is -4.69. The number of hydrogen-bond acceptors (Lipinski definition) is 10. The van der Waals surface area contributed by atoms with Crippen molar-refractivity contribution in [1.29, 1.82) is 0 Å². The fourth-order valence-electron chi connectivity index (χ4n) is 5.15. The molecule has 0 rings (SSSR count). The largest absolute Gasteiger partial charge is 0.756 e. The van der Waals surface area contributed by atoms with Crippen molar-refractivity contribution in [2.75, 3.05) is 47.5 Å². The van der Waals surface area contributed by atoms with Crippen molar-refractivity contribution in [2.24, 2.45) is 0 Å². The summed E-state index contributed by atoms with van der Waals surface area (Å²) >= 11 is 0. The zero-order valence-electron chi connectivity index (χ0n) is 36.4. The van der Waals surface area contributed by atoms with Gasteiger partial charge in [0.15, 0.2) is 6.10 Å². The van der Waals surface area contributed by atoms with E-state index in [1.54, 1.807) is 30.4 Å². The van der Waals surface area contributed by atoms with Gasteiger partial charge in [-0.3, -0.25) is 14.2 Å². The third-order valence-corrected chi connectivity index (χ3v) is 9.54. The van der Waals surface area contributed by atoms with Crippen molar-refractivity contribution in [3.05, 3.63) is 85.1 Å². The van der Waals surface area contributed by atoms with Crippen molar-refractivity contribution in [3.8, 4) is 0 Å². The predicted octanol–water partition coefficient (Wildman–Crippen LogP) is 9.33. The molecule has 0 fully saturated rings. The first-order valence-corrected chi connectivity index (χ1v) is 23.0. The first kappa shape index (κ1) is 55.1. The van der Waals surface area contributed by atoms with Crippen LogP contribution in [-0.2, 0) is 32.7 Å². The first-order valence-electron chi connectivity index (χ1n) is 21.5. The summed E-state index contributed by atoms with van der Waals surface area (Å²) in [5, 5.41) is 20.0. The third-order valence-electron chi connectivity index (χ3n) is 8.57. The molecule has 0 heterocycles. The number of aliphatic hydroxyl groups is 2. The maximum absolute atomic E-state index is 12.7. The molecular weight excluding hydrogens is 757 g/mol. The number of rotatable bonds is 37. The van der Waals surface area contributed by atoms with Crippen LogP contribution in [0.15, 0.2) is 85.1 Å². The van der Waals surface area contributed by atoms with E-state index >= 15 is 0 Å². The van der Waals surface area contributed by atoms with Gasteiger partial charge in [0.1, 0.15) is 19.8 Å². The Kier molecular flexibility index (Phi) is 35.3.